The molecule has 0 radical (unpaired) electrons. The number of carbonyl (C=O) groups is 2. The fraction of sp³-hybridized carbons (Fsp3) is 0.263. The molecular formula is C19H18Cl2N2O4. The molecule has 1 heterocycles. The molecule has 1 aliphatic heterocycles. The molecule has 6 nitrogen and oxygen atoms in total. The molecule has 1 fully saturated rings. The Morgan fingerprint density at radius 1 is 1.19 bits per heavy atom. The zero-order valence-electron chi connectivity index (χ0n) is 14.4. The van der Waals surface area contributed by atoms with Crippen molar-refractivity contribution in [2.45, 2.75) is 13.0 Å². The van der Waals surface area contributed by atoms with Crippen LogP contribution in [0.4, 0.5) is 10.5 Å². The summed E-state index contributed by atoms with van der Waals surface area (Å²) in [6.07, 6.45) is -0.145. The lowest BCUT2D eigenvalue weighted by Crippen LogP contribution is -2.25. The summed E-state index contributed by atoms with van der Waals surface area (Å²) in [5.74, 6) is 0.420. The number of rotatable bonds is 7. The van der Waals surface area contributed by atoms with Crippen LogP contribution in [0, 0.1) is 0 Å². The maximum Gasteiger partial charge on any atom is 0.414 e. The summed E-state index contributed by atoms with van der Waals surface area (Å²) in [6.45, 7) is 1.51. The van der Waals surface area contributed by atoms with Crippen LogP contribution in [0.5, 0.6) is 5.75 Å². The highest BCUT2D eigenvalue weighted by Gasteiger charge is 2.23. The maximum absolute atomic E-state index is 12.0. The Balaban J connectivity index is 1.45. The Kier molecular flexibility index (Phi) is 6.42. The molecule has 2 aromatic rings. The van der Waals surface area contributed by atoms with Gasteiger partial charge in [0.25, 0.3) is 0 Å². The van der Waals surface area contributed by atoms with Crippen molar-refractivity contribution in [3.8, 4) is 5.75 Å². The zero-order chi connectivity index (χ0) is 19.2. The second kappa shape index (κ2) is 8.97. The molecule has 0 saturated carbocycles. The van der Waals surface area contributed by atoms with Gasteiger partial charge in [0, 0.05) is 18.3 Å². The standard InChI is InChI=1S/C19H18Cl2N2O4/c20-16-5-4-15(11-17(16)21)26-8-6-18(24)22-12-13-2-1-3-14(10-13)23-7-9-27-19(23)25/h1-5,10-11H,6-9,12H2,(H,22,24). The third-order valence-corrected chi connectivity index (χ3v) is 4.70. The molecule has 1 N–H and O–H groups in total. The Bertz CT molecular complexity index is 844. The van der Waals surface area contributed by atoms with E-state index in [-0.39, 0.29) is 25.0 Å². The topological polar surface area (TPSA) is 67.9 Å². The van der Waals surface area contributed by atoms with E-state index >= 15 is 0 Å². The summed E-state index contributed by atoms with van der Waals surface area (Å²) < 4.78 is 10.4. The first-order valence-electron chi connectivity index (χ1n) is 8.41. The van der Waals surface area contributed by atoms with E-state index in [1.807, 2.05) is 24.3 Å². The van der Waals surface area contributed by atoms with Gasteiger partial charge in [-0.25, -0.2) is 4.79 Å². The first-order chi connectivity index (χ1) is 13.0. The number of nitrogens with zero attached hydrogens (tertiary/aromatic N) is 1. The monoisotopic (exact) mass is 408 g/mol. The first-order valence-corrected chi connectivity index (χ1v) is 9.16. The van der Waals surface area contributed by atoms with Crippen molar-refractivity contribution in [1.29, 1.82) is 0 Å². The predicted octanol–water partition coefficient (Wildman–Crippen LogP) is 4.04. The molecule has 1 saturated heterocycles. The van der Waals surface area contributed by atoms with Gasteiger partial charge in [-0.3, -0.25) is 9.69 Å². The van der Waals surface area contributed by atoms with Crippen molar-refractivity contribution in [2.24, 2.45) is 0 Å². The van der Waals surface area contributed by atoms with E-state index in [2.05, 4.69) is 5.32 Å². The van der Waals surface area contributed by atoms with Crippen molar-refractivity contribution >= 4 is 40.9 Å². The predicted molar refractivity (Wildman–Crippen MR) is 104 cm³/mol. The van der Waals surface area contributed by atoms with E-state index in [4.69, 9.17) is 32.7 Å². The van der Waals surface area contributed by atoms with Gasteiger partial charge in [-0.05, 0) is 29.8 Å². The van der Waals surface area contributed by atoms with Gasteiger partial charge in [-0.15, -0.1) is 0 Å². The van der Waals surface area contributed by atoms with Crippen LogP contribution in [0.1, 0.15) is 12.0 Å². The van der Waals surface area contributed by atoms with Crippen LogP contribution < -0.4 is 15.0 Å². The van der Waals surface area contributed by atoms with Crippen LogP contribution in [-0.2, 0) is 16.1 Å². The highest BCUT2D eigenvalue weighted by molar-refractivity contribution is 6.42. The smallest absolute Gasteiger partial charge is 0.414 e. The van der Waals surface area contributed by atoms with E-state index < -0.39 is 0 Å². The number of ether oxygens (including phenoxy) is 2. The van der Waals surface area contributed by atoms with Gasteiger partial charge in [-0.1, -0.05) is 35.3 Å². The maximum atomic E-state index is 12.0. The molecule has 2 aromatic carbocycles. The van der Waals surface area contributed by atoms with E-state index in [1.165, 1.54) is 0 Å². The summed E-state index contributed by atoms with van der Waals surface area (Å²) in [4.78, 5) is 25.2. The quantitative estimate of drug-likeness (QED) is 0.750. The molecule has 0 aromatic heterocycles. The number of amides is 2. The Hall–Kier alpha value is -2.44. The van der Waals surface area contributed by atoms with E-state index in [9.17, 15) is 9.59 Å². The Labute approximate surface area is 167 Å². The molecule has 2 amide bonds. The minimum absolute atomic E-state index is 0.138. The van der Waals surface area contributed by atoms with Crippen molar-refractivity contribution in [3.05, 3.63) is 58.1 Å². The zero-order valence-corrected chi connectivity index (χ0v) is 15.9. The summed E-state index contributed by atoms with van der Waals surface area (Å²) in [6, 6.07) is 12.4. The van der Waals surface area contributed by atoms with Crippen molar-refractivity contribution in [2.75, 3.05) is 24.7 Å². The lowest BCUT2D eigenvalue weighted by molar-refractivity contribution is -0.121. The molecule has 1 aliphatic rings. The first kappa shape index (κ1) is 19.3. The van der Waals surface area contributed by atoms with Gasteiger partial charge in [0.05, 0.1) is 29.6 Å². The summed E-state index contributed by atoms with van der Waals surface area (Å²) in [5, 5.41) is 3.69. The van der Waals surface area contributed by atoms with Crippen LogP contribution in [0.2, 0.25) is 10.0 Å². The van der Waals surface area contributed by atoms with Crippen molar-refractivity contribution in [3.63, 3.8) is 0 Å². The van der Waals surface area contributed by atoms with Crippen LogP contribution in [0.15, 0.2) is 42.5 Å². The number of nitrogens with one attached hydrogen (secondary N) is 1. The molecule has 0 spiro atoms. The summed E-state index contributed by atoms with van der Waals surface area (Å²) in [7, 11) is 0. The lowest BCUT2D eigenvalue weighted by Gasteiger charge is -2.14. The molecule has 0 aliphatic carbocycles. The highest BCUT2D eigenvalue weighted by Crippen LogP contribution is 2.26. The van der Waals surface area contributed by atoms with Gasteiger partial charge >= 0.3 is 6.09 Å². The van der Waals surface area contributed by atoms with Gasteiger partial charge in [-0.2, -0.15) is 0 Å². The average molecular weight is 409 g/mol. The molecular weight excluding hydrogens is 391 g/mol. The van der Waals surface area contributed by atoms with E-state index in [0.717, 1.165) is 11.3 Å². The molecule has 27 heavy (non-hydrogen) atoms. The van der Waals surface area contributed by atoms with E-state index in [0.29, 0.717) is 35.5 Å². The van der Waals surface area contributed by atoms with Crippen molar-refractivity contribution in [1.82, 2.24) is 5.32 Å². The lowest BCUT2D eigenvalue weighted by atomic mass is 10.2. The number of carbonyl (C=O) groups excluding carboxylic acids is 2. The van der Waals surface area contributed by atoms with Crippen LogP contribution in [0.25, 0.3) is 0 Å². The van der Waals surface area contributed by atoms with Gasteiger partial charge in [0.15, 0.2) is 0 Å². The average Bonchev–Trinajstić information content (AvgIpc) is 3.09. The van der Waals surface area contributed by atoms with E-state index in [1.54, 1.807) is 23.1 Å². The van der Waals surface area contributed by atoms with Crippen LogP contribution in [0.3, 0.4) is 0 Å². The second-order valence-electron chi connectivity index (χ2n) is 5.89. The number of halogens is 2. The SMILES string of the molecule is O=C(CCOc1ccc(Cl)c(Cl)c1)NCc1cccc(N2CCOC2=O)c1. The number of anilines is 1. The fourth-order valence-electron chi connectivity index (χ4n) is 2.58. The summed E-state index contributed by atoms with van der Waals surface area (Å²) >= 11 is 11.8. The summed E-state index contributed by atoms with van der Waals surface area (Å²) in [5.41, 5.74) is 1.65. The van der Waals surface area contributed by atoms with Gasteiger partial charge < -0.3 is 14.8 Å². The molecule has 142 valence electrons. The minimum Gasteiger partial charge on any atom is -0.493 e. The van der Waals surface area contributed by atoms with Gasteiger partial charge in [0.1, 0.15) is 12.4 Å². The Morgan fingerprint density at radius 2 is 2.04 bits per heavy atom. The molecule has 0 atom stereocenters. The van der Waals surface area contributed by atoms with Crippen molar-refractivity contribution < 1.29 is 19.1 Å². The number of hydrogen-bond acceptors (Lipinski definition) is 4. The highest BCUT2D eigenvalue weighted by atomic mass is 35.5. The second-order valence-corrected chi connectivity index (χ2v) is 6.70. The number of hydrogen-bond donors (Lipinski definition) is 1. The molecule has 8 heteroatoms. The van der Waals surface area contributed by atoms with Gasteiger partial charge in [0.2, 0.25) is 5.91 Å². The number of benzene rings is 2. The molecule has 0 bridgehead atoms. The molecule has 0 unspecified atom stereocenters. The fourth-order valence-corrected chi connectivity index (χ4v) is 2.87. The normalized spacial score (nSPS) is 13.4. The van der Waals surface area contributed by atoms with Crippen LogP contribution in [-0.4, -0.2) is 31.8 Å². The van der Waals surface area contributed by atoms with Crippen LogP contribution >= 0.6 is 23.2 Å². The third-order valence-electron chi connectivity index (χ3n) is 3.96. The number of cyclic esters (lactones) is 1. The largest absolute Gasteiger partial charge is 0.493 e. The Morgan fingerprint density at radius 3 is 2.78 bits per heavy atom. The third kappa shape index (κ3) is 5.28. The minimum atomic E-state index is -0.351. The molecule has 3 rings (SSSR count).